The van der Waals surface area contributed by atoms with Crippen molar-refractivity contribution in [3.63, 3.8) is 0 Å². The van der Waals surface area contributed by atoms with Gasteiger partial charge >= 0.3 is 0 Å². The molecule has 0 aliphatic heterocycles. The molecule has 10 aromatic rings. The quantitative estimate of drug-likeness (QED) is 0.166. The molecule has 10 rings (SSSR count). The van der Waals surface area contributed by atoms with Crippen LogP contribution in [0.25, 0.3) is 95.0 Å². The van der Waals surface area contributed by atoms with Crippen LogP contribution in [-0.2, 0) is 0 Å². The van der Waals surface area contributed by atoms with Crippen molar-refractivity contribution < 1.29 is 0 Å². The van der Waals surface area contributed by atoms with Gasteiger partial charge in [0.05, 0.1) is 16.7 Å². The topological polar surface area (TPSA) is 43.6 Å². The highest BCUT2D eigenvalue weighted by Crippen LogP contribution is 2.43. The van der Waals surface area contributed by atoms with Gasteiger partial charge in [0.15, 0.2) is 17.5 Å². The molecular weight excluding hydrogens is 669 g/mol. The summed E-state index contributed by atoms with van der Waals surface area (Å²) in [6.07, 6.45) is 0. The molecular formula is C51H34N4. The van der Waals surface area contributed by atoms with Crippen LogP contribution in [0.3, 0.4) is 0 Å². The Bertz CT molecular complexity index is 2900. The SMILES string of the molecule is c1ccc(-c2cccc(-c3cc(-c4ccccc4)cc4c3c3ccccc3n4-c3ccccc3-c3nc(-c4ccccc4)nc(-c4ccccc4)n3)c2)cc1. The summed E-state index contributed by atoms with van der Waals surface area (Å²) in [5.74, 6) is 1.88. The Morgan fingerprint density at radius 1 is 0.291 bits per heavy atom. The van der Waals surface area contributed by atoms with Crippen molar-refractivity contribution in [3.8, 4) is 73.2 Å². The lowest BCUT2D eigenvalue weighted by Crippen LogP contribution is -2.03. The zero-order valence-corrected chi connectivity index (χ0v) is 29.9. The highest BCUT2D eigenvalue weighted by molar-refractivity contribution is 6.17. The van der Waals surface area contributed by atoms with Crippen LogP contribution in [0, 0.1) is 0 Å². The molecule has 0 saturated carbocycles. The first-order chi connectivity index (χ1) is 27.3. The van der Waals surface area contributed by atoms with Crippen molar-refractivity contribution >= 4 is 21.8 Å². The van der Waals surface area contributed by atoms with Gasteiger partial charge in [-0.25, -0.2) is 15.0 Å². The minimum Gasteiger partial charge on any atom is -0.308 e. The van der Waals surface area contributed by atoms with Gasteiger partial charge < -0.3 is 4.57 Å². The third-order valence-corrected chi connectivity index (χ3v) is 10.2. The molecule has 8 aromatic carbocycles. The fourth-order valence-corrected chi connectivity index (χ4v) is 7.66. The van der Waals surface area contributed by atoms with E-state index in [0.717, 1.165) is 50.1 Å². The molecule has 4 nitrogen and oxygen atoms in total. The molecule has 2 aromatic heterocycles. The fraction of sp³-hybridized carbons (Fsp3) is 0. The number of hydrogen-bond donors (Lipinski definition) is 0. The third kappa shape index (κ3) is 5.96. The van der Waals surface area contributed by atoms with E-state index in [1.807, 2.05) is 60.7 Å². The molecule has 55 heavy (non-hydrogen) atoms. The van der Waals surface area contributed by atoms with Gasteiger partial charge in [0.2, 0.25) is 0 Å². The van der Waals surface area contributed by atoms with Crippen LogP contribution in [-0.4, -0.2) is 19.5 Å². The molecule has 0 amide bonds. The lowest BCUT2D eigenvalue weighted by atomic mass is 9.92. The third-order valence-electron chi connectivity index (χ3n) is 10.2. The van der Waals surface area contributed by atoms with Gasteiger partial charge in [-0.3, -0.25) is 0 Å². The van der Waals surface area contributed by atoms with Crippen molar-refractivity contribution in [2.45, 2.75) is 0 Å². The highest BCUT2D eigenvalue weighted by atomic mass is 15.1. The van der Waals surface area contributed by atoms with E-state index in [2.05, 4.69) is 150 Å². The minimum atomic E-state index is 0.615. The van der Waals surface area contributed by atoms with Crippen molar-refractivity contribution in [1.29, 1.82) is 0 Å². The average Bonchev–Trinajstić information content (AvgIpc) is 3.61. The predicted molar refractivity (Wildman–Crippen MR) is 227 cm³/mol. The first kappa shape index (κ1) is 32.2. The Balaban J connectivity index is 1.26. The zero-order valence-electron chi connectivity index (χ0n) is 29.9. The number of rotatable bonds is 7. The van der Waals surface area contributed by atoms with E-state index in [4.69, 9.17) is 15.0 Å². The summed E-state index contributed by atoms with van der Waals surface area (Å²) in [7, 11) is 0. The van der Waals surface area contributed by atoms with Crippen molar-refractivity contribution in [1.82, 2.24) is 19.5 Å². The van der Waals surface area contributed by atoms with Crippen LogP contribution < -0.4 is 0 Å². The van der Waals surface area contributed by atoms with Crippen molar-refractivity contribution in [2.24, 2.45) is 0 Å². The van der Waals surface area contributed by atoms with E-state index in [1.165, 1.54) is 27.5 Å². The smallest absolute Gasteiger partial charge is 0.166 e. The summed E-state index contributed by atoms with van der Waals surface area (Å²) in [5, 5.41) is 2.37. The van der Waals surface area contributed by atoms with E-state index >= 15 is 0 Å². The maximum absolute atomic E-state index is 5.16. The summed E-state index contributed by atoms with van der Waals surface area (Å²) in [4.78, 5) is 15.3. The second kappa shape index (κ2) is 13.8. The highest BCUT2D eigenvalue weighted by Gasteiger charge is 2.22. The lowest BCUT2D eigenvalue weighted by molar-refractivity contribution is 1.06. The number of para-hydroxylation sites is 2. The van der Waals surface area contributed by atoms with Gasteiger partial charge in [-0.15, -0.1) is 0 Å². The summed E-state index contributed by atoms with van der Waals surface area (Å²) in [6, 6.07) is 72.4. The van der Waals surface area contributed by atoms with Gasteiger partial charge in [0.25, 0.3) is 0 Å². The molecule has 0 aliphatic carbocycles. The van der Waals surface area contributed by atoms with Crippen LogP contribution >= 0.6 is 0 Å². The zero-order chi connectivity index (χ0) is 36.6. The molecule has 0 atom stereocenters. The van der Waals surface area contributed by atoms with Crippen LogP contribution in [0.4, 0.5) is 0 Å². The number of nitrogens with zero attached hydrogens (tertiary/aromatic N) is 4. The standard InChI is InChI=1S/C51H34N4/c1-5-18-35(19-6-1)39-26-17-27-40(32-39)44-33-41(36-20-7-2-8-21-36)34-47-48(44)42-28-13-15-30-45(42)55(47)46-31-16-14-29-43(46)51-53-49(37-22-9-3-10-23-37)52-50(54-51)38-24-11-4-12-25-38/h1-34H. The summed E-state index contributed by atoms with van der Waals surface area (Å²) in [5.41, 5.74) is 13.0. The second-order valence-electron chi connectivity index (χ2n) is 13.6. The van der Waals surface area contributed by atoms with Crippen molar-refractivity contribution in [3.05, 3.63) is 206 Å². The predicted octanol–water partition coefficient (Wildman–Crippen LogP) is 13.0. The van der Waals surface area contributed by atoms with Crippen LogP contribution in [0.2, 0.25) is 0 Å². The van der Waals surface area contributed by atoms with Gasteiger partial charge in [0, 0.05) is 27.5 Å². The second-order valence-corrected chi connectivity index (χ2v) is 13.6. The number of aromatic nitrogens is 4. The average molecular weight is 703 g/mol. The van der Waals surface area contributed by atoms with Crippen molar-refractivity contribution in [2.75, 3.05) is 0 Å². The Kier molecular flexibility index (Phi) is 8.12. The minimum absolute atomic E-state index is 0.615. The Morgan fingerprint density at radius 2 is 0.782 bits per heavy atom. The monoisotopic (exact) mass is 702 g/mol. The first-order valence-corrected chi connectivity index (χ1v) is 18.5. The normalized spacial score (nSPS) is 11.3. The fourth-order valence-electron chi connectivity index (χ4n) is 7.66. The Morgan fingerprint density at radius 3 is 1.44 bits per heavy atom. The van der Waals surface area contributed by atoms with E-state index in [9.17, 15) is 0 Å². The molecule has 4 heteroatoms. The van der Waals surface area contributed by atoms with Crippen LogP contribution in [0.1, 0.15) is 0 Å². The summed E-state index contributed by atoms with van der Waals surface area (Å²) >= 11 is 0. The number of hydrogen-bond acceptors (Lipinski definition) is 3. The van der Waals surface area contributed by atoms with Gasteiger partial charge in [-0.2, -0.15) is 0 Å². The summed E-state index contributed by atoms with van der Waals surface area (Å²) < 4.78 is 2.39. The van der Waals surface area contributed by atoms with E-state index < -0.39 is 0 Å². The largest absolute Gasteiger partial charge is 0.308 e. The molecule has 0 saturated heterocycles. The molecule has 0 fully saturated rings. The number of fused-ring (bicyclic) bond motifs is 3. The maximum atomic E-state index is 5.16. The molecule has 0 unspecified atom stereocenters. The van der Waals surface area contributed by atoms with E-state index in [0.29, 0.717) is 17.5 Å². The molecule has 0 N–H and O–H groups in total. The van der Waals surface area contributed by atoms with Crippen LogP contribution in [0.15, 0.2) is 206 Å². The molecule has 0 aliphatic rings. The molecule has 258 valence electrons. The molecule has 0 radical (unpaired) electrons. The Hall–Kier alpha value is -7.43. The number of benzene rings is 8. The van der Waals surface area contributed by atoms with Gasteiger partial charge in [-0.05, 0) is 69.8 Å². The van der Waals surface area contributed by atoms with Gasteiger partial charge in [-0.1, -0.05) is 170 Å². The maximum Gasteiger partial charge on any atom is 0.166 e. The van der Waals surface area contributed by atoms with Gasteiger partial charge in [0.1, 0.15) is 0 Å². The molecule has 0 spiro atoms. The molecule has 0 bridgehead atoms. The Labute approximate surface area is 319 Å². The van der Waals surface area contributed by atoms with Crippen LogP contribution in [0.5, 0.6) is 0 Å². The first-order valence-electron chi connectivity index (χ1n) is 18.5. The summed E-state index contributed by atoms with van der Waals surface area (Å²) in [6.45, 7) is 0. The van der Waals surface area contributed by atoms with E-state index in [1.54, 1.807) is 0 Å². The molecule has 2 heterocycles. The lowest BCUT2D eigenvalue weighted by Gasteiger charge is -2.16. The van der Waals surface area contributed by atoms with E-state index in [-0.39, 0.29) is 0 Å².